The van der Waals surface area contributed by atoms with E-state index in [2.05, 4.69) is 0 Å². The highest BCUT2D eigenvalue weighted by molar-refractivity contribution is 8.03. The number of nitrogens with zero attached hydrogens (tertiary/aromatic N) is 2. The van der Waals surface area contributed by atoms with Crippen molar-refractivity contribution in [2.45, 2.75) is 12.8 Å². The van der Waals surface area contributed by atoms with Crippen LogP contribution in [0.1, 0.15) is 18.4 Å². The molecule has 0 radical (unpaired) electrons. The molecule has 2 amide bonds. The van der Waals surface area contributed by atoms with Crippen LogP contribution >= 0.6 is 11.8 Å². The fourth-order valence-corrected chi connectivity index (χ4v) is 3.48. The van der Waals surface area contributed by atoms with Gasteiger partial charge in [-0.15, -0.1) is 11.8 Å². The molecule has 3 rings (SSSR count). The van der Waals surface area contributed by atoms with E-state index in [0.717, 1.165) is 37.2 Å². The second-order valence-corrected chi connectivity index (χ2v) is 6.11. The topological polar surface area (TPSA) is 40.6 Å². The van der Waals surface area contributed by atoms with E-state index >= 15 is 0 Å². The monoisotopic (exact) mass is 302 g/mol. The van der Waals surface area contributed by atoms with Gasteiger partial charge in [-0.25, -0.2) is 0 Å². The molecule has 0 aliphatic carbocycles. The van der Waals surface area contributed by atoms with E-state index in [1.54, 1.807) is 4.90 Å². The molecule has 21 heavy (non-hydrogen) atoms. The van der Waals surface area contributed by atoms with Crippen molar-refractivity contribution in [2.75, 3.05) is 25.4 Å². The summed E-state index contributed by atoms with van der Waals surface area (Å²) in [6.07, 6.45) is 2.13. The summed E-state index contributed by atoms with van der Waals surface area (Å²) < 4.78 is 0. The van der Waals surface area contributed by atoms with Crippen LogP contribution in [0.5, 0.6) is 0 Å². The molecule has 5 heteroatoms. The number of benzene rings is 1. The van der Waals surface area contributed by atoms with Gasteiger partial charge in [0.15, 0.2) is 0 Å². The highest BCUT2D eigenvalue weighted by atomic mass is 32.2. The lowest BCUT2D eigenvalue weighted by Crippen LogP contribution is -2.42. The predicted octanol–water partition coefficient (Wildman–Crippen LogP) is 2.18. The van der Waals surface area contributed by atoms with Gasteiger partial charge in [0.2, 0.25) is 11.8 Å². The van der Waals surface area contributed by atoms with Gasteiger partial charge in [0.1, 0.15) is 6.54 Å². The molecular weight excluding hydrogens is 284 g/mol. The average molecular weight is 302 g/mol. The summed E-state index contributed by atoms with van der Waals surface area (Å²) in [5.74, 6) is 0.465. The molecule has 2 aliphatic rings. The molecule has 1 aromatic rings. The van der Waals surface area contributed by atoms with E-state index in [0.29, 0.717) is 5.75 Å². The molecule has 0 unspecified atom stereocenters. The van der Waals surface area contributed by atoms with Gasteiger partial charge in [-0.05, 0) is 23.8 Å². The maximum atomic E-state index is 12.3. The summed E-state index contributed by atoms with van der Waals surface area (Å²) >= 11 is 1.49. The zero-order chi connectivity index (χ0) is 14.7. The van der Waals surface area contributed by atoms with E-state index in [4.69, 9.17) is 0 Å². The fraction of sp³-hybridized carbons (Fsp3) is 0.375. The van der Waals surface area contributed by atoms with Crippen molar-refractivity contribution in [2.24, 2.45) is 0 Å². The average Bonchev–Trinajstić information content (AvgIpc) is 3.04. The fourth-order valence-electron chi connectivity index (χ4n) is 2.68. The number of hydrogen-bond acceptors (Lipinski definition) is 3. The van der Waals surface area contributed by atoms with Gasteiger partial charge < -0.3 is 9.80 Å². The standard InChI is InChI=1S/C16H18N2O2S/c19-15(17-8-4-5-9-17)10-18-14(11-21-12-16(18)20)13-6-2-1-3-7-13/h1-3,6-7,11H,4-5,8-10,12H2. The molecule has 1 saturated heterocycles. The third-order valence-electron chi connectivity index (χ3n) is 3.82. The van der Waals surface area contributed by atoms with Crippen molar-refractivity contribution in [1.82, 2.24) is 9.80 Å². The van der Waals surface area contributed by atoms with Crippen LogP contribution in [0.3, 0.4) is 0 Å². The van der Waals surface area contributed by atoms with Crippen LogP contribution in [-0.4, -0.2) is 47.0 Å². The van der Waals surface area contributed by atoms with Crippen molar-refractivity contribution < 1.29 is 9.59 Å². The quantitative estimate of drug-likeness (QED) is 0.859. The van der Waals surface area contributed by atoms with Crippen molar-refractivity contribution in [1.29, 1.82) is 0 Å². The Bertz CT molecular complexity index is 565. The first-order valence-corrected chi connectivity index (χ1v) is 8.26. The summed E-state index contributed by atoms with van der Waals surface area (Å²) in [4.78, 5) is 28.0. The van der Waals surface area contributed by atoms with Crippen molar-refractivity contribution in [3.8, 4) is 0 Å². The molecule has 1 aromatic carbocycles. The Kier molecular flexibility index (Phi) is 4.29. The van der Waals surface area contributed by atoms with Crippen LogP contribution in [0.15, 0.2) is 35.7 Å². The Hall–Kier alpha value is -1.75. The summed E-state index contributed by atoms with van der Waals surface area (Å²) in [7, 11) is 0. The van der Waals surface area contributed by atoms with Crippen LogP contribution in [0.4, 0.5) is 0 Å². The maximum Gasteiger partial charge on any atom is 0.242 e. The van der Waals surface area contributed by atoms with Crippen LogP contribution in [0.25, 0.3) is 5.70 Å². The third kappa shape index (κ3) is 3.13. The van der Waals surface area contributed by atoms with Crippen molar-refractivity contribution >= 4 is 29.3 Å². The smallest absolute Gasteiger partial charge is 0.242 e. The van der Waals surface area contributed by atoms with Gasteiger partial charge in [-0.2, -0.15) is 0 Å². The number of thioether (sulfide) groups is 1. The molecule has 0 N–H and O–H groups in total. The molecule has 0 spiro atoms. The molecule has 0 saturated carbocycles. The summed E-state index contributed by atoms with van der Waals surface area (Å²) in [5.41, 5.74) is 1.82. The lowest BCUT2D eigenvalue weighted by atomic mass is 10.1. The minimum Gasteiger partial charge on any atom is -0.341 e. The van der Waals surface area contributed by atoms with Crippen LogP contribution in [-0.2, 0) is 9.59 Å². The molecule has 0 bridgehead atoms. The predicted molar refractivity (Wildman–Crippen MR) is 84.4 cm³/mol. The Morgan fingerprint density at radius 1 is 1.14 bits per heavy atom. The Balaban J connectivity index is 1.80. The third-order valence-corrected chi connectivity index (χ3v) is 4.62. The van der Waals surface area contributed by atoms with E-state index in [1.807, 2.05) is 40.6 Å². The maximum absolute atomic E-state index is 12.3. The zero-order valence-electron chi connectivity index (χ0n) is 11.8. The SMILES string of the molecule is O=C(CN1C(=O)CSC=C1c1ccccc1)N1CCCC1. The first-order valence-electron chi connectivity index (χ1n) is 7.21. The van der Waals surface area contributed by atoms with Gasteiger partial charge >= 0.3 is 0 Å². The van der Waals surface area contributed by atoms with Crippen molar-refractivity contribution in [3.63, 3.8) is 0 Å². The van der Waals surface area contributed by atoms with Crippen LogP contribution in [0, 0.1) is 0 Å². The first-order chi connectivity index (χ1) is 10.3. The second-order valence-electron chi connectivity index (χ2n) is 5.25. The normalized spacial score (nSPS) is 18.9. The van der Waals surface area contributed by atoms with Gasteiger partial charge in [-0.1, -0.05) is 30.3 Å². The zero-order valence-corrected chi connectivity index (χ0v) is 12.6. The number of rotatable bonds is 3. The molecular formula is C16H18N2O2S. The Morgan fingerprint density at radius 3 is 2.57 bits per heavy atom. The van der Waals surface area contributed by atoms with E-state index in [9.17, 15) is 9.59 Å². The van der Waals surface area contributed by atoms with E-state index in [-0.39, 0.29) is 18.4 Å². The molecule has 1 fully saturated rings. The molecule has 4 nitrogen and oxygen atoms in total. The van der Waals surface area contributed by atoms with E-state index in [1.165, 1.54) is 11.8 Å². The molecule has 0 atom stereocenters. The highest BCUT2D eigenvalue weighted by Gasteiger charge is 2.28. The lowest BCUT2D eigenvalue weighted by Gasteiger charge is -2.29. The van der Waals surface area contributed by atoms with Gasteiger partial charge in [-0.3, -0.25) is 9.59 Å². The molecule has 2 heterocycles. The number of hydrogen-bond donors (Lipinski definition) is 0. The second kappa shape index (κ2) is 6.35. The van der Waals surface area contributed by atoms with Gasteiger partial charge in [0.25, 0.3) is 0 Å². The summed E-state index contributed by atoms with van der Waals surface area (Å²) in [6, 6.07) is 9.78. The molecule has 0 aromatic heterocycles. The minimum atomic E-state index is 0.00824. The van der Waals surface area contributed by atoms with Crippen LogP contribution < -0.4 is 0 Å². The highest BCUT2D eigenvalue weighted by Crippen LogP contribution is 2.28. The molecule has 110 valence electrons. The minimum absolute atomic E-state index is 0.00824. The number of amides is 2. The summed E-state index contributed by atoms with van der Waals surface area (Å²) in [6.45, 7) is 1.79. The van der Waals surface area contributed by atoms with E-state index < -0.39 is 0 Å². The summed E-state index contributed by atoms with van der Waals surface area (Å²) in [5, 5.41) is 1.98. The Labute approximate surface area is 128 Å². The Morgan fingerprint density at radius 2 is 1.86 bits per heavy atom. The number of likely N-dealkylation sites (tertiary alicyclic amines) is 1. The van der Waals surface area contributed by atoms with Gasteiger partial charge in [0.05, 0.1) is 11.4 Å². The first kappa shape index (κ1) is 14.2. The van der Waals surface area contributed by atoms with Crippen LogP contribution in [0.2, 0.25) is 0 Å². The largest absolute Gasteiger partial charge is 0.341 e. The van der Waals surface area contributed by atoms with Crippen molar-refractivity contribution in [3.05, 3.63) is 41.3 Å². The lowest BCUT2D eigenvalue weighted by molar-refractivity contribution is -0.136. The molecule has 2 aliphatic heterocycles. The number of carbonyl (C=O) groups excluding carboxylic acids is 2. The number of carbonyl (C=O) groups is 2. The van der Waals surface area contributed by atoms with Gasteiger partial charge in [0, 0.05) is 13.1 Å².